The Morgan fingerprint density at radius 2 is 2.10 bits per heavy atom. The smallest absolute Gasteiger partial charge is 0.251 e. The van der Waals surface area contributed by atoms with Gasteiger partial charge >= 0.3 is 0 Å². The number of carbonyl (C=O) groups excluding carboxylic acids is 1. The topological polar surface area (TPSA) is 89.3 Å². The second kappa shape index (κ2) is 5.79. The van der Waals surface area contributed by atoms with Crippen LogP contribution in [0.25, 0.3) is 0 Å². The first kappa shape index (κ1) is 15.4. The molecule has 1 heterocycles. The molecule has 0 saturated carbocycles. The zero-order valence-electron chi connectivity index (χ0n) is 10.5. The van der Waals surface area contributed by atoms with Crippen molar-refractivity contribution < 1.29 is 13.2 Å². The molecule has 0 bridgehead atoms. The number of nitrogens with two attached hydrogens (primary N) is 1. The van der Waals surface area contributed by atoms with Crippen molar-refractivity contribution >= 4 is 44.6 Å². The molecule has 1 fully saturated rings. The van der Waals surface area contributed by atoms with E-state index in [2.05, 4.69) is 5.32 Å². The largest absolute Gasteiger partial charge is 0.397 e. The molecule has 1 atom stereocenters. The molecule has 1 amide bonds. The van der Waals surface area contributed by atoms with Crippen molar-refractivity contribution in [2.24, 2.45) is 5.92 Å². The third-order valence-corrected chi connectivity index (χ3v) is 5.85. The molecule has 1 saturated heterocycles. The summed E-state index contributed by atoms with van der Waals surface area (Å²) in [7, 11) is -2.94. The van der Waals surface area contributed by atoms with E-state index < -0.39 is 9.84 Å². The van der Waals surface area contributed by atoms with E-state index in [1.165, 1.54) is 12.1 Å². The molecule has 0 aliphatic carbocycles. The summed E-state index contributed by atoms with van der Waals surface area (Å²) in [6.45, 7) is 0.318. The Hall–Kier alpha value is -0.980. The Bertz CT molecular complexity index is 623. The van der Waals surface area contributed by atoms with Crippen molar-refractivity contribution in [1.82, 2.24) is 5.32 Å². The van der Waals surface area contributed by atoms with Crippen LogP contribution in [0.4, 0.5) is 5.69 Å². The number of hydrogen-bond donors (Lipinski definition) is 2. The van der Waals surface area contributed by atoms with E-state index in [1.807, 2.05) is 0 Å². The van der Waals surface area contributed by atoms with Gasteiger partial charge in [0.1, 0.15) is 0 Å². The Labute approximate surface area is 127 Å². The van der Waals surface area contributed by atoms with Gasteiger partial charge < -0.3 is 11.1 Å². The Morgan fingerprint density at radius 3 is 2.65 bits per heavy atom. The number of sulfone groups is 1. The highest BCUT2D eigenvalue weighted by molar-refractivity contribution is 7.91. The predicted molar refractivity (Wildman–Crippen MR) is 80.0 cm³/mol. The summed E-state index contributed by atoms with van der Waals surface area (Å²) in [4.78, 5) is 12.0. The summed E-state index contributed by atoms with van der Waals surface area (Å²) in [5.74, 6) is -0.0759. The quantitative estimate of drug-likeness (QED) is 0.822. The number of benzene rings is 1. The summed E-state index contributed by atoms with van der Waals surface area (Å²) in [5, 5.41) is 3.11. The van der Waals surface area contributed by atoms with Crippen molar-refractivity contribution in [3.8, 4) is 0 Å². The van der Waals surface area contributed by atoms with Crippen LogP contribution >= 0.6 is 23.2 Å². The van der Waals surface area contributed by atoms with Crippen LogP contribution in [-0.4, -0.2) is 32.4 Å². The molecule has 1 aromatic carbocycles. The average molecular weight is 337 g/mol. The monoisotopic (exact) mass is 336 g/mol. The van der Waals surface area contributed by atoms with Crippen LogP contribution < -0.4 is 11.1 Å². The zero-order chi connectivity index (χ0) is 14.9. The minimum Gasteiger partial charge on any atom is -0.397 e. The second-order valence-corrected chi connectivity index (χ2v) is 7.85. The summed E-state index contributed by atoms with van der Waals surface area (Å²) in [6, 6.07) is 2.87. The van der Waals surface area contributed by atoms with E-state index in [0.717, 1.165) is 0 Å². The predicted octanol–water partition coefficient (Wildman–Crippen LogP) is 1.74. The van der Waals surface area contributed by atoms with Gasteiger partial charge in [0, 0.05) is 12.1 Å². The lowest BCUT2D eigenvalue weighted by molar-refractivity contribution is 0.0948. The summed E-state index contributed by atoms with van der Waals surface area (Å²) in [6.07, 6.45) is 0.576. The van der Waals surface area contributed by atoms with Gasteiger partial charge in [-0.05, 0) is 24.5 Å². The first-order valence-corrected chi connectivity index (χ1v) is 8.59. The van der Waals surface area contributed by atoms with Crippen LogP contribution in [0.2, 0.25) is 10.0 Å². The first-order valence-electron chi connectivity index (χ1n) is 6.01. The van der Waals surface area contributed by atoms with Crippen molar-refractivity contribution in [3.05, 3.63) is 27.7 Å². The van der Waals surface area contributed by atoms with Gasteiger partial charge in [0.15, 0.2) is 9.84 Å². The van der Waals surface area contributed by atoms with Crippen LogP contribution in [0.1, 0.15) is 16.8 Å². The molecule has 3 N–H and O–H groups in total. The summed E-state index contributed by atoms with van der Waals surface area (Å²) >= 11 is 11.7. The van der Waals surface area contributed by atoms with E-state index in [4.69, 9.17) is 28.9 Å². The molecule has 1 aromatic rings. The fourth-order valence-electron chi connectivity index (χ4n) is 2.11. The molecule has 0 spiro atoms. The van der Waals surface area contributed by atoms with Gasteiger partial charge in [-0.25, -0.2) is 8.42 Å². The van der Waals surface area contributed by atoms with Gasteiger partial charge in [0.2, 0.25) is 0 Å². The van der Waals surface area contributed by atoms with Gasteiger partial charge in [-0.2, -0.15) is 0 Å². The number of rotatable bonds is 3. The van der Waals surface area contributed by atoms with Gasteiger partial charge in [0.25, 0.3) is 5.91 Å². The van der Waals surface area contributed by atoms with E-state index in [-0.39, 0.29) is 39.1 Å². The van der Waals surface area contributed by atoms with Crippen molar-refractivity contribution in [2.45, 2.75) is 6.42 Å². The van der Waals surface area contributed by atoms with Gasteiger partial charge in [-0.1, -0.05) is 23.2 Å². The summed E-state index contributed by atoms with van der Waals surface area (Å²) < 4.78 is 22.6. The number of halogens is 2. The Kier molecular flexibility index (Phi) is 4.46. The fourth-order valence-corrected chi connectivity index (χ4v) is 4.31. The number of amides is 1. The maximum Gasteiger partial charge on any atom is 0.251 e. The molecule has 20 heavy (non-hydrogen) atoms. The SMILES string of the molecule is Nc1cc(C(=O)NCC2CCS(=O)(=O)C2)cc(Cl)c1Cl. The molecule has 1 aliphatic rings. The molecule has 2 rings (SSSR count). The minimum absolute atomic E-state index is 0.0379. The number of anilines is 1. The van der Waals surface area contributed by atoms with E-state index in [9.17, 15) is 13.2 Å². The lowest BCUT2D eigenvalue weighted by Gasteiger charge is -2.11. The number of nitrogen functional groups attached to an aromatic ring is 1. The minimum atomic E-state index is -2.94. The standard InChI is InChI=1S/C12H14Cl2N2O3S/c13-9-3-8(4-10(15)11(9)14)12(17)16-5-7-1-2-20(18,19)6-7/h3-4,7H,1-2,5-6,15H2,(H,16,17). The molecule has 5 nitrogen and oxygen atoms in total. The molecule has 0 aromatic heterocycles. The molecule has 110 valence electrons. The Balaban J connectivity index is 1.99. The lowest BCUT2D eigenvalue weighted by Crippen LogP contribution is -2.29. The van der Waals surface area contributed by atoms with Gasteiger partial charge in [-0.3, -0.25) is 4.79 Å². The maximum absolute atomic E-state index is 12.0. The zero-order valence-corrected chi connectivity index (χ0v) is 12.9. The third kappa shape index (κ3) is 3.56. The Morgan fingerprint density at radius 1 is 1.40 bits per heavy atom. The van der Waals surface area contributed by atoms with Crippen LogP contribution in [0.3, 0.4) is 0 Å². The third-order valence-electron chi connectivity index (χ3n) is 3.20. The van der Waals surface area contributed by atoms with Crippen molar-refractivity contribution in [1.29, 1.82) is 0 Å². The number of hydrogen-bond acceptors (Lipinski definition) is 4. The molecule has 8 heteroatoms. The van der Waals surface area contributed by atoms with E-state index in [1.54, 1.807) is 0 Å². The maximum atomic E-state index is 12.0. The molecular formula is C12H14Cl2N2O3S. The fraction of sp³-hybridized carbons (Fsp3) is 0.417. The second-order valence-electron chi connectivity index (χ2n) is 4.84. The summed E-state index contributed by atoms with van der Waals surface area (Å²) in [5.41, 5.74) is 6.17. The number of carbonyl (C=O) groups is 1. The highest BCUT2D eigenvalue weighted by Gasteiger charge is 2.28. The van der Waals surface area contributed by atoms with Crippen LogP contribution in [0.5, 0.6) is 0 Å². The van der Waals surface area contributed by atoms with Crippen molar-refractivity contribution in [2.75, 3.05) is 23.8 Å². The number of nitrogens with one attached hydrogen (secondary N) is 1. The van der Waals surface area contributed by atoms with E-state index in [0.29, 0.717) is 18.5 Å². The van der Waals surface area contributed by atoms with Crippen molar-refractivity contribution in [3.63, 3.8) is 0 Å². The van der Waals surface area contributed by atoms with Crippen LogP contribution in [-0.2, 0) is 9.84 Å². The molecule has 1 aliphatic heterocycles. The molecule has 1 unspecified atom stereocenters. The van der Waals surface area contributed by atoms with Crippen LogP contribution in [0, 0.1) is 5.92 Å². The van der Waals surface area contributed by atoms with Gasteiger partial charge in [0.05, 0.1) is 27.2 Å². The normalized spacial score (nSPS) is 20.8. The lowest BCUT2D eigenvalue weighted by atomic mass is 10.1. The first-order chi connectivity index (χ1) is 9.28. The highest BCUT2D eigenvalue weighted by Crippen LogP contribution is 2.29. The average Bonchev–Trinajstić information content (AvgIpc) is 2.72. The molecule has 0 radical (unpaired) electrons. The van der Waals surface area contributed by atoms with Crippen LogP contribution in [0.15, 0.2) is 12.1 Å². The van der Waals surface area contributed by atoms with Gasteiger partial charge in [-0.15, -0.1) is 0 Å². The highest BCUT2D eigenvalue weighted by atomic mass is 35.5. The van der Waals surface area contributed by atoms with E-state index >= 15 is 0 Å². The molecular weight excluding hydrogens is 323 g/mol.